The van der Waals surface area contributed by atoms with Crippen LogP contribution in [0.3, 0.4) is 0 Å². The normalized spacial score (nSPS) is 11.4. The average molecular weight is 361 g/mol. The number of methoxy groups -OCH3 is 1. The van der Waals surface area contributed by atoms with Gasteiger partial charge in [-0.15, -0.1) is 0 Å². The summed E-state index contributed by atoms with van der Waals surface area (Å²) in [5.41, 5.74) is 5.00. The van der Waals surface area contributed by atoms with Crippen LogP contribution in [-0.2, 0) is 18.3 Å². The molecule has 2 aromatic carbocycles. The predicted octanol–water partition coefficient (Wildman–Crippen LogP) is 5.13. The Morgan fingerprint density at radius 2 is 1.70 bits per heavy atom. The van der Waals surface area contributed by atoms with Crippen LogP contribution in [-0.4, -0.2) is 12.1 Å². The van der Waals surface area contributed by atoms with E-state index in [0.717, 1.165) is 35.3 Å². The number of H-pyrrole nitrogens is 1. The first-order chi connectivity index (χ1) is 12.9. The van der Waals surface area contributed by atoms with Crippen molar-refractivity contribution in [1.82, 2.24) is 4.98 Å². The quantitative estimate of drug-likeness (QED) is 0.684. The van der Waals surface area contributed by atoms with Gasteiger partial charge >= 0.3 is 0 Å². The minimum Gasteiger partial charge on any atom is -0.496 e. The maximum atomic E-state index is 12.3. The minimum atomic E-state index is -0.0929. The Hall–Kier alpha value is -2.81. The molecule has 0 aliphatic rings. The molecule has 0 amide bonds. The zero-order valence-electron chi connectivity index (χ0n) is 16.5. The third kappa shape index (κ3) is 4.30. The number of benzene rings is 2. The van der Waals surface area contributed by atoms with Crippen LogP contribution in [0.1, 0.15) is 37.5 Å². The van der Waals surface area contributed by atoms with Gasteiger partial charge in [-0.25, -0.2) is 0 Å². The highest BCUT2D eigenvalue weighted by Gasteiger charge is 2.23. The van der Waals surface area contributed by atoms with Gasteiger partial charge in [-0.05, 0) is 59.2 Å². The number of nitrogens with one attached hydrogen (secondary N) is 1. The molecule has 0 spiro atoms. The fourth-order valence-corrected chi connectivity index (χ4v) is 3.40. The molecule has 0 atom stereocenters. The number of hydrogen-bond acceptors (Lipinski definition) is 2. The van der Waals surface area contributed by atoms with Crippen LogP contribution in [0, 0.1) is 0 Å². The van der Waals surface area contributed by atoms with Crippen molar-refractivity contribution >= 4 is 0 Å². The Morgan fingerprint density at radius 1 is 0.963 bits per heavy atom. The van der Waals surface area contributed by atoms with Crippen molar-refractivity contribution in [3.63, 3.8) is 0 Å². The highest BCUT2D eigenvalue weighted by Crippen LogP contribution is 2.38. The van der Waals surface area contributed by atoms with Crippen LogP contribution in [0.15, 0.2) is 65.6 Å². The molecule has 0 unspecified atom stereocenters. The van der Waals surface area contributed by atoms with Gasteiger partial charge in [0.1, 0.15) is 5.75 Å². The Bertz CT molecular complexity index is 966. The van der Waals surface area contributed by atoms with Gasteiger partial charge in [0.25, 0.3) is 5.56 Å². The summed E-state index contributed by atoms with van der Waals surface area (Å²) in [6.45, 7) is 6.51. The Labute approximate surface area is 161 Å². The lowest BCUT2D eigenvalue weighted by atomic mass is 9.82. The van der Waals surface area contributed by atoms with Gasteiger partial charge in [-0.2, -0.15) is 0 Å². The van der Waals surface area contributed by atoms with Crippen LogP contribution in [0.5, 0.6) is 5.75 Å². The third-order valence-corrected chi connectivity index (χ3v) is 4.83. The topological polar surface area (TPSA) is 42.1 Å². The van der Waals surface area contributed by atoms with E-state index < -0.39 is 0 Å². The first kappa shape index (κ1) is 19.0. The van der Waals surface area contributed by atoms with Gasteiger partial charge < -0.3 is 9.72 Å². The molecule has 27 heavy (non-hydrogen) atoms. The Balaban J connectivity index is 2.11. The van der Waals surface area contributed by atoms with Gasteiger partial charge in [-0.1, -0.05) is 51.1 Å². The van der Waals surface area contributed by atoms with E-state index in [9.17, 15) is 4.79 Å². The molecule has 0 radical (unpaired) electrons. The van der Waals surface area contributed by atoms with Crippen molar-refractivity contribution in [2.24, 2.45) is 0 Å². The molecule has 0 aliphatic carbocycles. The number of aromatic amines is 1. The summed E-state index contributed by atoms with van der Waals surface area (Å²) in [4.78, 5) is 15.1. The van der Waals surface area contributed by atoms with E-state index in [1.54, 1.807) is 13.3 Å². The maximum absolute atomic E-state index is 12.3. The summed E-state index contributed by atoms with van der Waals surface area (Å²) in [6.07, 6.45) is 3.45. The summed E-state index contributed by atoms with van der Waals surface area (Å²) >= 11 is 0. The molecule has 0 fully saturated rings. The second-order valence-electron chi connectivity index (χ2n) is 7.86. The molecular formula is C24H27NO2. The summed E-state index contributed by atoms with van der Waals surface area (Å²) < 4.78 is 5.83. The van der Waals surface area contributed by atoms with E-state index in [1.165, 1.54) is 5.56 Å². The maximum Gasteiger partial charge on any atom is 0.255 e. The van der Waals surface area contributed by atoms with Crippen LogP contribution < -0.4 is 10.3 Å². The predicted molar refractivity (Wildman–Crippen MR) is 112 cm³/mol. The summed E-state index contributed by atoms with van der Waals surface area (Å²) in [6, 6.07) is 18.4. The monoisotopic (exact) mass is 361 g/mol. The molecule has 140 valence electrons. The molecule has 0 saturated heterocycles. The number of rotatable bonds is 5. The highest BCUT2D eigenvalue weighted by atomic mass is 16.5. The summed E-state index contributed by atoms with van der Waals surface area (Å²) in [7, 11) is 1.73. The zero-order chi connectivity index (χ0) is 19.4. The van der Waals surface area contributed by atoms with Gasteiger partial charge in [0.2, 0.25) is 0 Å². The fourth-order valence-electron chi connectivity index (χ4n) is 3.40. The lowest BCUT2D eigenvalue weighted by molar-refractivity contribution is 0.392. The lowest BCUT2D eigenvalue weighted by Crippen LogP contribution is -2.15. The van der Waals surface area contributed by atoms with E-state index in [0.29, 0.717) is 5.56 Å². The molecule has 0 saturated carbocycles. The molecule has 0 aliphatic heterocycles. The Kier molecular flexibility index (Phi) is 5.50. The van der Waals surface area contributed by atoms with Crippen LogP contribution in [0.2, 0.25) is 0 Å². The summed E-state index contributed by atoms with van der Waals surface area (Å²) in [5, 5.41) is 0. The number of aryl methyl sites for hydroxylation is 2. The lowest BCUT2D eigenvalue weighted by Gasteiger charge is -2.25. The van der Waals surface area contributed by atoms with Gasteiger partial charge in [0.15, 0.2) is 0 Å². The van der Waals surface area contributed by atoms with Gasteiger partial charge in [-0.3, -0.25) is 4.79 Å². The van der Waals surface area contributed by atoms with Crippen LogP contribution in [0.25, 0.3) is 11.1 Å². The van der Waals surface area contributed by atoms with Crippen molar-refractivity contribution in [3.8, 4) is 16.9 Å². The fraction of sp³-hybridized carbons (Fsp3) is 0.292. The molecule has 3 aromatic rings. The van der Waals surface area contributed by atoms with Crippen molar-refractivity contribution in [3.05, 3.63) is 87.8 Å². The SMILES string of the molecule is COc1c(CCc2ccccc2)cc(-c2ccc[nH]c2=O)cc1C(C)(C)C. The molecule has 0 bridgehead atoms. The number of ether oxygens (including phenoxy) is 1. The molecule has 1 aromatic heterocycles. The van der Waals surface area contributed by atoms with E-state index >= 15 is 0 Å². The van der Waals surface area contributed by atoms with Crippen molar-refractivity contribution in [2.75, 3.05) is 7.11 Å². The van der Waals surface area contributed by atoms with Crippen LogP contribution >= 0.6 is 0 Å². The van der Waals surface area contributed by atoms with Gasteiger partial charge in [0, 0.05) is 17.3 Å². The van der Waals surface area contributed by atoms with Crippen molar-refractivity contribution in [1.29, 1.82) is 0 Å². The van der Waals surface area contributed by atoms with Crippen molar-refractivity contribution < 1.29 is 4.74 Å². The largest absolute Gasteiger partial charge is 0.496 e. The number of hydrogen-bond donors (Lipinski definition) is 1. The minimum absolute atomic E-state index is 0.0727. The molecule has 1 heterocycles. The number of pyridine rings is 1. The Morgan fingerprint density at radius 3 is 2.33 bits per heavy atom. The van der Waals surface area contributed by atoms with Crippen molar-refractivity contribution in [2.45, 2.75) is 39.0 Å². The first-order valence-electron chi connectivity index (χ1n) is 9.33. The zero-order valence-corrected chi connectivity index (χ0v) is 16.5. The van der Waals surface area contributed by atoms with E-state index in [1.807, 2.05) is 18.2 Å². The van der Waals surface area contributed by atoms with Gasteiger partial charge in [0.05, 0.1) is 7.11 Å². The van der Waals surface area contributed by atoms with E-state index in [4.69, 9.17) is 4.74 Å². The first-order valence-corrected chi connectivity index (χ1v) is 9.33. The molecular weight excluding hydrogens is 334 g/mol. The molecule has 3 nitrogen and oxygen atoms in total. The number of aromatic nitrogens is 1. The second kappa shape index (κ2) is 7.83. The molecule has 3 rings (SSSR count). The summed E-state index contributed by atoms with van der Waals surface area (Å²) in [5.74, 6) is 0.926. The second-order valence-corrected chi connectivity index (χ2v) is 7.86. The average Bonchev–Trinajstić information content (AvgIpc) is 2.66. The van der Waals surface area contributed by atoms with Crippen LogP contribution in [0.4, 0.5) is 0 Å². The smallest absolute Gasteiger partial charge is 0.255 e. The highest BCUT2D eigenvalue weighted by molar-refractivity contribution is 5.67. The van der Waals surface area contributed by atoms with E-state index in [-0.39, 0.29) is 11.0 Å². The molecule has 3 heteroatoms. The standard InChI is InChI=1S/C24H27NO2/c1-24(2,3)21-16-19(20-11-8-14-25-23(20)26)15-18(22(21)27-4)13-12-17-9-6-5-7-10-17/h5-11,14-16H,12-13H2,1-4H3,(H,25,26). The third-order valence-electron chi connectivity index (χ3n) is 4.83. The molecule has 1 N–H and O–H groups in total. The van der Waals surface area contributed by atoms with E-state index in [2.05, 4.69) is 62.2 Å².